The van der Waals surface area contributed by atoms with Gasteiger partial charge in [-0.25, -0.2) is 0 Å². The van der Waals surface area contributed by atoms with Crippen LogP contribution in [0.1, 0.15) is 52.0 Å². The average Bonchev–Trinajstić information content (AvgIpc) is 2.47. The Morgan fingerprint density at radius 1 is 1.25 bits per heavy atom. The van der Waals surface area contributed by atoms with Crippen molar-refractivity contribution in [1.29, 1.82) is 0 Å². The fourth-order valence-electron chi connectivity index (χ4n) is 3.28. The van der Waals surface area contributed by atoms with Gasteiger partial charge in [-0.3, -0.25) is 9.59 Å². The number of nitrogens with two attached hydrogens (primary N) is 1. The van der Waals surface area contributed by atoms with E-state index < -0.39 is 5.54 Å². The molecule has 0 spiro atoms. The summed E-state index contributed by atoms with van der Waals surface area (Å²) in [5, 5.41) is 5.83. The lowest BCUT2D eigenvalue weighted by Crippen LogP contribution is -2.51. The minimum absolute atomic E-state index is 0.00268. The zero-order valence-corrected chi connectivity index (χ0v) is 14.9. The van der Waals surface area contributed by atoms with Crippen molar-refractivity contribution in [2.45, 2.75) is 64.5 Å². The molecule has 1 aromatic rings. The highest BCUT2D eigenvalue weighted by atomic mass is 16.2. The van der Waals surface area contributed by atoms with Crippen LogP contribution in [0.3, 0.4) is 0 Å². The maximum Gasteiger partial charge on any atom is 0.229 e. The average molecular weight is 331 g/mol. The van der Waals surface area contributed by atoms with E-state index in [9.17, 15) is 9.59 Å². The van der Waals surface area contributed by atoms with E-state index in [0.29, 0.717) is 6.42 Å². The highest BCUT2D eigenvalue weighted by Crippen LogP contribution is 2.32. The van der Waals surface area contributed by atoms with Crippen molar-refractivity contribution in [2.24, 2.45) is 11.7 Å². The van der Waals surface area contributed by atoms with Gasteiger partial charge in [0.2, 0.25) is 11.8 Å². The van der Waals surface area contributed by atoms with E-state index >= 15 is 0 Å². The van der Waals surface area contributed by atoms with Crippen LogP contribution >= 0.6 is 0 Å². The molecule has 1 aromatic carbocycles. The first-order valence-corrected chi connectivity index (χ1v) is 8.76. The van der Waals surface area contributed by atoms with E-state index in [1.165, 1.54) is 0 Å². The number of carbonyl (C=O) groups excluding carboxylic acids is 2. The van der Waals surface area contributed by atoms with Gasteiger partial charge in [0.25, 0.3) is 0 Å². The molecule has 0 bridgehead atoms. The number of rotatable bonds is 5. The van der Waals surface area contributed by atoms with Gasteiger partial charge in [0.05, 0.1) is 12.3 Å². The molecule has 0 aliphatic heterocycles. The molecule has 0 radical (unpaired) electrons. The summed E-state index contributed by atoms with van der Waals surface area (Å²) in [6.07, 6.45) is 4.20. The fourth-order valence-corrected chi connectivity index (χ4v) is 3.28. The maximum atomic E-state index is 12.5. The second-order valence-corrected chi connectivity index (χ2v) is 7.39. The molecule has 2 amide bonds. The van der Waals surface area contributed by atoms with Crippen molar-refractivity contribution in [3.63, 3.8) is 0 Å². The predicted molar refractivity (Wildman–Crippen MR) is 96.6 cm³/mol. The zero-order valence-electron chi connectivity index (χ0n) is 14.9. The van der Waals surface area contributed by atoms with Crippen molar-refractivity contribution in [3.8, 4) is 0 Å². The van der Waals surface area contributed by atoms with Gasteiger partial charge >= 0.3 is 0 Å². The molecule has 2 atom stereocenters. The minimum atomic E-state index is -0.433. The second kappa shape index (κ2) is 7.79. The van der Waals surface area contributed by atoms with Crippen LogP contribution in [-0.4, -0.2) is 23.4 Å². The van der Waals surface area contributed by atoms with E-state index in [1.54, 1.807) is 0 Å². The summed E-state index contributed by atoms with van der Waals surface area (Å²) >= 11 is 0. The largest absolute Gasteiger partial charge is 0.354 e. The van der Waals surface area contributed by atoms with Crippen molar-refractivity contribution in [2.75, 3.05) is 5.32 Å². The third kappa shape index (κ3) is 5.06. The smallest absolute Gasteiger partial charge is 0.229 e. The molecule has 132 valence electrons. The molecule has 0 heterocycles. The third-order valence-electron chi connectivity index (χ3n) is 4.61. The van der Waals surface area contributed by atoms with Gasteiger partial charge in [0.15, 0.2) is 0 Å². The number of anilines is 1. The van der Waals surface area contributed by atoms with Crippen molar-refractivity contribution < 1.29 is 9.59 Å². The Kier molecular flexibility index (Phi) is 5.99. The molecule has 2 rings (SSSR count). The lowest BCUT2D eigenvalue weighted by atomic mass is 9.74. The highest BCUT2D eigenvalue weighted by molar-refractivity contribution is 5.93. The minimum Gasteiger partial charge on any atom is -0.354 e. The van der Waals surface area contributed by atoms with Crippen LogP contribution in [0.2, 0.25) is 0 Å². The summed E-state index contributed by atoms with van der Waals surface area (Å²) in [7, 11) is 0. The molecule has 5 nitrogen and oxygen atoms in total. The van der Waals surface area contributed by atoms with Gasteiger partial charge in [0, 0.05) is 17.3 Å². The van der Waals surface area contributed by atoms with Gasteiger partial charge in [-0.15, -0.1) is 0 Å². The Balaban J connectivity index is 1.93. The second-order valence-electron chi connectivity index (χ2n) is 7.39. The van der Waals surface area contributed by atoms with E-state index in [4.69, 9.17) is 5.73 Å². The summed E-state index contributed by atoms with van der Waals surface area (Å²) in [6, 6.07) is 7.56. The SMILES string of the molecule is CC(C)NC(=O)Cc1ccc(NC(=O)C2CCCCC2(C)N)cc1. The number of hydrogen-bond acceptors (Lipinski definition) is 3. The van der Waals surface area contributed by atoms with Crippen LogP contribution in [0.4, 0.5) is 5.69 Å². The summed E-state index contributed by atoms with van der Waals surface area (Å²) in [5.41, 5.74) is 7.53. The Morgan fingerprint density at radius 3 is 2.50 bits per heavy atom. The monoisotopic (exact) mass is 331 g/mol. The van der Waals surface area contributed by atoms with Crippen molar-refractivity contribution in [3.05, 3.63) is 29.8 Å². The lowest BCUT2D eigenvalue weighted by Gasteiger charge is -2.37. The molecule has 4 N–H and O–H groups in total. The molecule has 1 saturated carbocycles. The summed E-state index contributed by atoms with van der Waals surface area (Å²) in [4.78, 5) is 24.3. The molecule has 5 heteroatoms. The number of carbonyl (C=O) groups is 2. The number of amides is 2. The molecule has 1 fully saturated rings. The normalized spacial score (nSPS) is 23.8. The van der Waals surface area contributed by atoms with Gasteiger partial charge in [0.1, 0.15) is 0 Å². The maximum absolute atomic E-state index is 12.5. The number of nitrogens with one attached hydrogen (secondary N) is 2. The first kappa shape index (κ1) is 18.5. The van der Waals surface area contributed by atoms with E-state index in [-0.39, 0.29) is 23.8 Å². The van der Waals surface area contributed by atoms with Crippen molar-refractivity contribution in [1.82, 2.24) is 5.32 Å². The molecular formula is C19H29N3O2. The van der Waals surface area contributed by atoms with Crippen LogP contribution in [0.25, 0.3) is 0 Å². The molecule has 0 aromatic heterocycles. The van der Waals surface area contributed by atoms with E-state index in [2.05, 4.69) is 10.6 Å². The first-order valence-electron chi connectivity index (χ1n) is 8.76. The van der Waals surface area contributed by atoms with Gasteiger partial charge < -0.3 is 16.4 Å². The molecule has 0 saturated heterocycles. The number of hydrogen-bond donors (Lipinski definition) is 3. The Morgan fingerprint density at radius 2 is 1.92 bits per heavy atom. The molecule has 24 heavy (non-hydrogen) atoms. The highest BCUT2D eigenvalue weighted by Gasteiger charge is 2.37. The summed E-state index contributed by atoms with van der Waals surface area (Å²) < 4.78 is 0. The van der Waals surface area contributed by atoms with Crippen LogP contribution in [0.5, 0.6) is 0 Å². The van der Waals surface area contributed by atoms with Gasteiger partial charge in [-0.1, -0.05) is 25.0 Å². The Hall–Kier alpha value is -1.88. The quantitative estimate of drug-likeness (QED) is 0.775. The predicted octanol–water partition coefficient (Wildman–Crippen LogP) is 2.60. The van der Waals surface area contributed by atoms with Crippen LogP contribution in [0, 0.1) is 5.92 Å². The van der Waals surface area contributed by atoms with Crippen LogP contribution in [0.15, 0.2) is 24.3 Å². The van der Waals surface area contributed by atoms with E-state index in [0.717, 1.165) is 36.9 Å². The van der Waals surface area contributed by atoms with E-state index in [1.807, 2.05) is 45.0 Å². The first-order chi connectivity index (χ1) is 11.3. The van der Waals surface area contributed by atoms with Crippen molar-refractivity contribution >= 4 is 17.5 Å². The summed E-state index contributed by atoms with van der Waals surface area (Å²) in [6.45, 7) is 5.84. The topological polar surface area (TPSA) is 84.2 Å². The van der Waals surface area contributed by atoms with Crippen LogP contribution in [-0.2, 0) is 16.0 Å². The number of benzene rings is 1. The van der Waals surface area contributed by atoms with Gasteiger partial charge in [-0.2, -0.15) is 0 Å². The zero-order chi connectivity index (χ0) is 17.7. The summed E-state index contributed by atoms with van der Waals surface area (Å²) in [5.74, 6) is -0.157. The van der Waals surface area contributed by atoms with Gasteiger partial charge in [-0.05, 0) is 51.3 Å². The standard InChI is InChI=1S/C19H29N3O2/c1-13(2)21-17(23)12-14-7-9-15(10-8-14)22-18(24)16-6-4-5-11-19(16,3)20/h7-10,13,16H,4-6,11-12,20H2,1-3H3,(H,21,23)(H,22,24). The Bertz CT molecular complexity index is 579. The molecular weight excluding hydrogens is 302 g/mol. The van der Waals surface area contributed by atoms with Crippen LogP contribution < -0.4 is 16.4 Å². The molecule has 1 aliphatic rings. The Labute approximate surface area is 144 Å². The fraction of sp³-hybridized carbons (Fsp3) is 0.579. The molecule has 1 aliphatic carbocycles. The third-order valence-corrected chi connectivity index (χ3v) is 4.61. The molecule has 2 unspecified atom stereocenters. The lowest BCUT2D eigenvalue weighted by molar-refractivity contribution is -0.123.